The van der Waals surface area contributed by atoms with Crippen molar-refractivity contribution in [3.8, 4) is 11.5 Å². The smallest absolute Gasteiger partial charge is 0.326 e. The monoisotopic (exact) mass is 465 g/mol. The van der Waals surface area contributed by atoms with Gasteiger partial charge < -0.3 is 15.2 Å². The standard InChI is InChI=1S/C23H25Cl2NO5/c1-14(2)20(27)10-9-19(23(29)30)26-22(28)12-5-15-3-7-17(8-4-15)31-21-11-6-16(24)13-18(21)25/h3-4,6-8,11,13-14,19H,5,9-10,12H2,1-2H3,(H,26,28)(H,29,30)/t19-/m0/s1. The lowest BCUT2D eigenvalue weighted by Crippen LogP contribution is -2.41. The average molecular weight is 466 g/mol. The number of nitrogens with one attached hydrogen (secondary N) is 1. The molecule has 8 heteroatoms. The maximum Gasteiger partial charge on any atom is 0.326 e. The summed E-state index contributed by atoms with van der Waals surface area (Å²) in [4.78, 5) is 35.3. The van der Waals surface area contributed by atoms with Crippen LogP contribution in [-0.4, -0.2) is 28.8 Å². The number of aryl methyl sites for hydroxylation is 1. The maximum atomic E-state index is 12.2. The fourth-order valence-corrected chi connectivity index (χ4v) is 3.21. The van der Waals surface area contributed by atoms with E-state index in [0.717, 1.165) is 5.56 Å². The number of carbonyl (C=O) groups is 3. The first-order chi connectivity index (χ1) is 14.7. The first kappa shape index (κ1) is 24.7. The second-order valence-corrected chi connectivity index (χ2v) is 8.28. The Hall–Kier alpha value is -2.57. The third-order valence-corrected chi connectivity index (χ3v) is 5.17. The van der Waals surface area contributed by atoms with E-state index in [1.807, 2.05) is 12.1 Å². The van der Waals surface area contributed by atoms with E-state index in [9.17, 15) is 19.5 Å². The number of carboxylic acids is 1. The first-order valence-electron chi connectivity index (χ1n) is 9.92. The van der Waals surface area contributed by atoms with Gasteiger partial charge in [0.25, 0.3) is 0 Å². The van der Waals surface area contributed by atoms with Crippen LogP contribution in [0.3, 0.4) is 0 Å². The zero-order chi connectivity index (χ0) is 23.0. The number of amides is 1. The zero-order valence-electron chi connectivity index (χ0n) is 17.4. The van der Waals surface area contributed by atoms with Crippen molar-refractivity contribution in [2.45, 2.75) is 45.6 Å². The highest BCUT2D eigenvalue weighted by Crippen LogP contribution is 2.31. The number of halogens is 2. The predicted molar refractivity (Wildman–Crippen MR) is 120 cm³/mol. The van der Waals surface area contributed by atoms with Crippen LogP contribution in [0.25, 0.3) is 0 Å². The number of hydrogen-bond acceptors (Lipinski definition) is 4. The Labute approximate surface area is 191 Å². The summed E-state index contributed by atoms with van der Waals surface area (Å²) in [5.74, 6) is -0.646. The van der Waals surface area contributed by atoms with Gasteiger partial charge in [0.2, 0.25) is 5.91 Å². The molecule has 2 rings (SSSR count). The highest BCUT2D eigenvalue weighted by atomic mass is 35.5. The summed E-state index contributed by atoms with van der Waals surface area (Å²) >= 11 is 12.0. The normalized spacial score (nSPS) is 11.8. The molecule has 0 aliphatic carbocycles. The molecular formula is C23H25Cl2NO5. The number of Topliss-reactive ketones (excluding diaryl/α,β-unsaturated/α-hetero) is 1. The van der Waals surface area contributed by atoms with Gasteiger partial charge in [-0.3, -0.25) is 9.59 Å². The molecular weight excluding hydrogens is 441 g/mol. The Morgan fingerprint density at radius 1 is 1.03 bits per heavy atom. The van der Waals surface area contributed by atoms with Crippen LogP contribution in [0, 0.1) is 5.92 Å². The van der Waals surface area contributed by atoms with E-state index >= 15 is 0 Å². The van der Waals surface area contributed by atoms with Crippen LogP contribution in [0.2, 0.25) is 10.0 Å². The summed E-state index contributed by atoms with van der Waals surface area (Å²) < 4.78 is 5.72. The molecule has 0 saturated heterocycles. The highest BCUT2D eigenvalue weighted by molar-refractivity contribution is 6.35. The third kappa shape index (κ3) is 8.23. The molecule has 0 aliphatic rings. The zero-order valence-corrected chi connectivity index (χ0v) is 18.9. The SMILES string of the molecule is CC(C)C(=O)CC[C@H](NC(=O)CCc1ccc(Oc2ccc(Cl)cc2Cl)cc1)C(=O)O. The summed E-state index contributed by atoms with van der Waals surface area (Å²) in [6.07, 6.45) is 0.765. The molecule has 0 spiro atoms. The van der Waals surface area contributed by atoms with Gasteiger partial charge in [-0.25, -0.2) is 4.79 Å². The summed E-state index contributed by atoms with van der Waals surface area (Å²) in [5, 5.41) is 12.7. The van der Waals surface area contributed by atoms with Crippen molar-refractivity contribution < 1.29 is 24.2 Å². The molecule has 0 aromatic heterocycles. The maximum absolute atomic E-state index is 12.2. The van der Waals surface area contributed by atoms with E-state index in [1.54, 1.807) is 44.2 Å². The molecule has 0 fully saturated rings. The Balaban J connectivity index is 1.85. The lowest BCUT2D eigenvalue weighted by Gasteiger charge is -2.15. The van der Waals surface area contributed by atoms with Crippen molar-refractivity contribution in [1.29, 1.82) is 0 Å². The van der Waals surface area contributed by atoms with Crippen molar-refractivity contribution in [1.82, 2.24) is 5.32 Å². The van der Waals surface area contributed by atoms with Crippen LogP contribution >= 0.6 is 23.2 Å². The van der Waals surface area contributed by atoms with Gasteiger partial charge in [0.05, 0.1) is 5.02 Å². The number of aliphatic carboxylic acids is 1. The van der Waals surface area contributed by atoms with E-state index in [1.165, 1.54) is 0 Å². The molecule has 2 aromatic carbocycles. The third-order valence-electron chi connectivity index (χ3n) is 4.64. The number of carbonyl (C=O) groups excluding carboxylic acids is 2. The highest BCUT2D eigenvalue weighted by Gasteiger charge is 2.21. The van der Waals surface area contributed by atoms with Crippen LogP contribution in [0.5, 0.6) is 11.5 Å². The van der Waals surface area contributed by atoms with E-state index in [2.05, 4.69) is 5.32 Å². The molecule has 6 nitrogen and oxygen atoms in total. The molecule has 166 valence electrons. The van der Waals surface area contributed by atoms with Gasteiger partial charge in [-0.1, -0.05) is 49.2 Å². The minimum absolute atomic E-state index is 0.0253. The molecule has 0 bridgehead atoms. The van der Waals surface area contributed by atoms with Gasteiger partial charge in [0, 0.05) is 23.8 Å². The molecule has 1 amide bonds. The van der Waals surface area contributed by atoms with Crippen molar-refractivity contribution in [2.24, 2.45) is 5.92 Å². The van der Waals surface area contributed by atoms with Gasteiger partial charge in [0.1, 0.15) is 23.3 Å². The van der Waals surface area contributed by atoms with Crippen LogP contribution in [0.15, 0.2) is 42.5 Å². The molecule has 0 aliphatic heterocycles. The summed E-state index contributed by atoms with van der Waals surface area (Å²) in [5.41, 5.74) is 0.895. The summed E-state index contributed by atoms with van der Waals surface area (Å²) in [7, 11) is 0. The van der Waals surface area contributed by atoms with E-state index < -0.39 is 12.0 Å². The van der Waals surface area contributed by atoms with Crippen molar-refractivity contribution >= 4 is 40.9 Å². The second kappa shape index (κ2) is 11.7. The van der Waals surface area contributed by atoms with Crippen molar-refractivity contribution in [3.05, 3.63) is 58.1 Å². The van der Waals surface area contributed by atoms with E-state index in [0.29, 0.717) is 28.0 Å². The number of rotatable bonds is 11. The first-order valence-corrected chi connectivity index (χ1v) is 10.7. The summed E-state index contributed by atoms with van der Waals surface area (Å²) in [6, 6.07) is 11.0. The Morgan fingerprint density at radius 3 is 2.29 bits per heavy atom. The fraction of sp³-hybridized carbons (Fsp3) is 0.348. The minimum atomic E-state index is -1.15. The Kier molecular flexibility index (Phi) is 9.34. The van der Waals surface area contributed by atoms with Gasteiger partial charge in [-0.2, -0.15) is 0 Å². The number of benzene rings is 2. The van der Waals surface area contributed by atoms with Crippen LogP contribution < -0.4 is 10.1 Å². The quantitative estimate of drug-likeness (QED) is 0.469. The Morgan fingerprint density at radius 2 is 1.71 bits per heavy atom. The lowest BCUT2D eigenvalue weighted by molar-refractivity contribution is -0.142. The van der Waals surface area contributed by atoms with E-state index in [4.69, 9.17) is 27.9 Å². The van der Waals surface area contributed by atoms with Gasteiger partial charge in [-0.05, 0) is 48.7 Å². The molecule has 31 heavy (non-hydrogen) atoms. The van der Waals surface area contributed by atoms with Gasteiger partial charge in [-0.15, -0.1) is 0 Å². The average Bonchev–Trinajstić information content (AvgIpc) is 2.72. The topological polar surface area (TPSA) is 92.7 Å². The molecule has 0 saturated carbocycles. The van der Waals surface area contributed by atoms with Crippen LogP contribution in [0.1, 0.15) is 38.7 Å². The van der Waals surface area contributed by atoms with E-state index in [-0.39, 0.29) is 36.9 Å². The largest absolute Gasteiger partial charge is 0.480 e. The van der Waals surface area contributed by atoms with Gasteiger partial charge in [0.15, 0.2) is 0 Å². The number of hydrogen-bond donors (Lipinski definition) is 2. The number of carboxylic acid groups (broad SMARTS) is 1. The van der Waals surface area contributed by atoms with Crippen molar-refractivity contribution in [3.63, 3.8) is 0 Å². The van der Waals surface area contributed by atoms with Crippen molar-refractivity contribution in [2.75, 3.05) is 0 Å². The fourth-order valence-electron chi connectivity index (χ4n) is 2.77. The summed E-state index contributed by atoms with van der Waals surface area (Å²) in [6.45, 7) is 3.52. The molecule has 1 atom stereocenters. The number of ether oxygens (including phenoxy) is 1. The molecule has 0 unspecified atom stereocenters. The van der Waals surface area contributed by atoms with Crippen LogP contribution in [0.4, 0.5) is 0 Å². The Bertz CT molecular complexity index is 928. The second-order valence-electron chi connectivity index (χ2n) is 7.44. The molecule has 0 radical (unpaired) electrons. The van der Waals surface area contributed by atoms with Crippen LogP contribution in [-0.2, 0) is 20.8 Å². The molecule has 2 N–H and O–H groups in total. The lowest BCUT2D eigenvalue weighted by atomic mass is 10.0. The molecule has 0 heterocycles. The minimum Gasteiger partial charge on any atom is -0.480 e. The predicted octanol–water partition coefficient (Wildman–Crippen LogP) is 5.29. The molecule has 2 aromatic rings. The number of ketones is 1. The van der Waals surface area contributed by atoms with Gasteiger partial charge >= 0.3 is 5.97 Å².